The number of hydrogen-bond donors (Lipinski definition) is 0. The Labute approximate surface area is 110 Å². The summed E-state index contributed by atoms with van der Waals surface area (Å²) in [5, 5.41) is 7.63. The first-order valence-corrected chi connectivity index (χ1v) is 6.54. The van der Waals surface area contributed by atoms with Crippen LogP contribution in [0.25, 0.3) is 11.5 Å². The lowest BCUT2D eigenvalue weighted by Crippen LogP contribution is -1.90. The van der Waals surface area contributed by atoms with Crippen LogP contribution in [0.3, 0.4) is 0 Å². The Kier molecular flexibility index (Phi) is 4.26. The highest BCUT2D eigenvalue weighted by molar-refractivity contribution is 7.98. The third-order valence-corrected chi connectivity index (χ3v) is 3.06. The van der Waals surface area contributed by atoms with Gasteiger partial charge in [-0.2, -0.15) is 0 Å². The monoisotopic (exact) mass is 260 g/mol. The van der Waals surface area contributed by atoms with Crippen LogP contribution in [0.2, 0.25) is 0 Å². The normalized spacial score (nSPS) is 9.67. The number of benzene rings is 1. The lowest BCUT2D eigenvalue weighted by atomic mass is 10.1. The predicted octanol–water partition coefficient (Wildman–Crippen LogP) is 2.96. The fourth-order valence-corrected chi connectivity index (χ4v) is 2.06. The molecule has 1 heterocycles. The van der Waals surface area contributed by atoms with Crippen molar-refractivity contribution in [1.82, 2.24) is 10.2 Å². The van der Waals surface area contributed by atoms with Gasteiger partial charge in [0.25, 0.3) is 0 Å². The van der Waals surface area contributed by atoms with Crippen LogP contribution in [-0.4, -0.2) is 16.5 Å². The van der Waals surface area contributed by atoms with Crippen molar-refractivity contribution in [2.45, 2.75) is 18.4 Å². The van der Waals surface area contributed by atoms with Crippen LogP contribution in [0.5, 0.6) is 0 Å². The molecule has 18 heavy (non-hydrogen) atoms. The van der Waals surface area contributed by atoms with Crippen LogP contribution in [0.1, 0.15) is 12.5 Å². The number of hydrogen-bond acceptors (Lipinski definition) is 5. The van der Waals surface area contributed by atoms with E-state index in [-0.39, 0.29) is 0 Å². The third kappa shape index (κ3) is 2.84. The third-order valence-electron chi connectivity index (χ3n) is 2.27. The van der Waals surface area contributed by atoms with Crippen molar-refractivity contribution in [3.63, 3.8) is 0 Å². The highest BCUT2D eigenvalue weighted by Crippen LogP contribution is 2.29. The van der Waals surface area contributed by atoms with Crippen molar-refractivity contribution in [3.05, 3.63) is 30.2 Å². The van der Waals surface area contributed by atoms with E-state index in [4.69, 9.17) is 9.15 Å². The molecule has 1 aromatic heterocycles. The molecule has 2 rings (SSSR count). The first-order chi connectivity index (χ1) is 8.85. The van der Waals surface area contributed by atoms with E-state index in [1.54, 1.807) is 18.7 Å². The van der Waals surface area contributed by atoms with Crippen LogP contribution >= 0.6 is 11.8 Å². The molecular formula is C13H12N2O2S. The van der Waals surface area contributed by atoms with E-state index in [2.05, 4.69) is 22.2 Å². The molecule has 0 bridgehead atoms. The molecule has 0 saturated carbocycles. The van der Waals surface area contributed by atoms with Gasteiger partial charge in [0.2, 0.25) is 12.3 Å². The number of thioether (sulfide) groups is 1. The summed E-state index contributed by atoms with van der Waals surface area (Å²) < 4.78 is 10.4. The van der Waals surface area contributed by atoms with Crippen LogP contribution in [0.15, 0.2) is 33.9 Å². The van der Waals surface area contributed by atoms with E-state index in [9.17, 15) is 0 Å². The molecule has 0 fully saturated rings. The van der Waals surface area contributed by atoms with Crippen molar-refractivity contribution in [2.75, 3.05) is 6.26 Å². The molecule has 5 heteroatoms. The van der Waals surface area contributed by atoms with E-state index in [0.29, 0.717) is 12.5 Å². The summed E-state index contributed by atoms with van der Waals surface area (Å²) >= 11 is 1.63. The predicted molar refractivity (Wildman–Crippen MR) is 69.8 cm³/mol. The van der Waals surface area contributed by atoms with Crippen molar-refractivity contribution >= 4 is 11.8 Å². The van der Waals surface area contributed by atoms with Gasteiger partial charge in [-0.3, -0.25) is 0 Å². The summed E-state index contributed by atoms with van der Waals surface area (Å²) in [6.07, 6.45) is 5.91. The first kappa shape index (κ1) is 12.5. The molecule has 0 aliphatic rings. The highest BCUT2D eigenvalue weighted by Gasteiger charge is 2.10. The van der Waals surface area contributed by atoms with Gasteiger partial charge < -0.3 is 9.15 Å². The van der Waals surface area contributed by atoms with E-state index in [0.717, 1.165) is 16.0 Å². The maximum atomic E-state index is 5.24. The molecule has 1 aromatic carbocycles. The van der Waals surface area contributed by atoms with Gasteiger partial charge in [0, 0.05) is 11.8 Å². The number of nitrogens with zero attached hydrogens (tertiary/aromatic N) is 2. The molecule has 0 spiro atoms. The molecule has 0 amide bonds. The maximum absolute atomic E-state index is 5.24. The van der Waals surface area contributed by atoms with E-state index in [1.165, 1.54) is 6.39 Å². The van der Waals surface area contributed by atoms with Gasteiger partial charge in [0.1, 0.15) is 12.7 Å². The summed E-state index contributed by atoms with van der Waals surface area (Å²) in [6.45, 7) is 2.18. The second-order valence-electron chi connectivity index (χ2n) is 3.42. The highest BCUT2D eigenvalue weighted by atomic mass is 32.2. The molecule has 0 aliphatic carbocycles. The van der Waals surface area contributed by atoms with E-state index in [1.807, 2.05) is 24.5 Å². The molecule has 0 aliphatic heterocycles. The smallest absolute Gasteiger partial charge is 0.248 e. The Bertz CT molecular complexity index is 570. The molecule has 0 unspecified atom stereocenters. The van der Waals surface area contributed by atoms with Crippen molar-refractivity contribution in [3.8, 4) is 23.5 Å². The second-order valence-corrected chi connectivity index (χ2v) is 4.27. The lowest BCUT2D eigenvalue weighted by Gasteiger charge is -2.06. The Hall–Kier alpha value is -1.93. The van der Waals surface area contributed by atoms with E-state index < -0.39 is 0 Å². The molecule has 0 atom stereocenters. The van der Waals surface area contributed by atoms with Crippen LogP contribution < -0.4 is 0 Å². The second kappa shape index (κ2) is 6.12. The zero-order valence-electron chi connectivity index (χ0n) is 10.1. The first-order valence-electron chi connectivity index (χ1n) is 5.32. The van der Waals surface area contributed by atoms with Crippen LogP contribution in [0, 0.1) is 12.0 Å². The summed E-state index contributed by atoms with van der Waals surface area (Å²) in [4.78, 5) is 1.09. The van der Waals surface area contributed by atoms with Gasteiger partial charge in [0.05, 0.1) is 5.56 Å². The van der Waals surface area contributed by atoms with Gasteiger partial charge in [-0.05, 0) is 24.0 Å². The minimum absolute atomic E-state index is 0.441. The van der Waals surface area contributed by atoms with Crippen molar-refractivity contribution in [1.29, 1.82) is 0 Å². The average Bonchev–Trinajstić information content (AvgIpc) is 2.93. The number of rotatable bonds is 4. The van der Waals surface area contributed by atoms with Crippen molar-refractivity contribution in [2.24, 2.45) is 0 Å². The van der Waals surface area contributed by atoms with Crippen molar-refractivity contribution < 1.29 is 9.15 Å². The Morgan fingerprint density at radius 3 is 3.00 bits per heavy atom. The molecule has 0 radical (unpaired) electrons. The van der Waals surface area contributed by atoms with Gasteiger partial charge >= 0.3 is 0 Å². The Balaban J connectivity index is 2.30. The number of aromatic nitrogens is 2. The minimum atomic E-state index is 0.441. The zero-order valence-corrected chi connectivity index (χ0v) is 11.0. The topological polar surface area (TPSA) is 48.2 Å². The lowest BCUT2D eigenvalue weighted by molar-refractivity contribution is 0.265. The van der Waals surface area contributed by atoms with E-state index >= 15 is 0 Å². The Morgan fingerprint density at radius 1 is 1.44 bits per heavy atom. The average molecular weight is 260 g/mol. The van der Waals surface area contributed by atoms with Gasteiger partial charge in [-0.25, -0.2) is 0 Å². The standard InChI is InChI=1S/C13H12N2O2S/c1-3-6-16-8-10-4-5-12(18-2)11(7-10)13-15-14-9-17-13/h4-5,7,9H,8H2,1-2H3. The van der Waals surface area contributed by atoms with Gasteiger partial charge in [-0.1, -0.05) is 12.0 Å². The number of ether oxygens (including phenoxy) is 1. The van der Waals surface area contributed by atoms with Crippen LogP contribution in [0.4, 0.5) is 0 Å². The maximum Gasteiger partial charge on any atom is 0.248 e. The van der Waals surface area contributed by atoms with Crippen LogP contribution in [-0.2, 0) is 11.3 Å². The summed E-state index contributed by atoms with van der Waals surface area (Å²) in [7, 11) is 0. The minimum Gasteiger partial charge on any atom is -0.442 e. The quantitative estimate of drug-likeness (QED) is 0.625. The molecule has 2 aromatic rings. The fourth-order valence-electron chi connectivity index (χ4n) is 1.49. The molecular weight excluding hydrogens is 248 g/mol. The van der Waals surface area contributed by atoms with Gasteiger partial charge in [-0.15, -0.1) is 22.0 Å². The summed E-state index contributed by atoms with van der Waals surface area (Å²) in [6, 6.07) is 6.00. The Morgan fingerprint density at radius 2 is 2.33 bits per heavy atom. The van der Waals surface area contributed by atoms with Gasteiger partial charge in [0.15, 0.2) is 0 Å². The molecule has 92 valence electrons. The molecule has 4 nitrogen and oxygen atoms in total. The molecule has 0 saturated heterocycles. The zero-order chi connectivity index (χ0) is 12.8. The fraction of sp³-hybridized carbons (Fsp3) is 0.231. The SMILES string of the molecule is CC#COCc1ccc(SC)c(-c2nnco2)c1. The molecule has 0 N–H and O–H groups in total. The summed E-state index contributed by atoms with van der Waals surface area (Å²) in [5.41, 5.74) is 1.94. The summed E-state index contributed by atoms with van der Waals surface area (Å²) in [5.74, 6) is 3.20. The largest absolute Gasteiger partial charge is 0.442 e.